The minimum absolute atomic E-state index is 0.0496. The molecule has 0 aliphatic rings. The molecule has 4 rings (SSSR count). The molecule has 1 amide bonds. The second-order valence-electron chi connectivity index (χ2n) is 8.91. The number of nitrogens with zero attached hydrogens (tertiary/aromatic N) is 4. The number of nitriles is 1. The van der Waals surface area contributed by atoms with Crippen molar-refractivity contribution in [3.05, 3.63) is 107 Å². The molecule has 7 nitrogen and oxygen atoms in total. The maximum absolute atomic E-state index is 12.3. The van der Waals surface area contributed by atoms with E-state index >= 15 is 0 Å². The number of likely N-dealkylation sites (N-methyl/N-ethyl adjacent to an activating group) is 1. The van der Waals surface area contributed by atoms with Crippen LogP contribution in [-0.2, 0) is 4.79 Å². The summed E-state index contributed by atoms with van der Waals surface area (Å²) in [5, 5.41) is 10.9. The fourth-order valence-corrected chi connectivity index (χ4v) is 4.13. The summed E-state index contributed by atoms with van der Waals surface area (Å²) in [6.07, 6.45) is 5.18. The van der Waals surface area contributed by atoms with Crippen molar-refractivity contribution in [2.45, 2.75) is 6.92 Å². The van der Waals surface area contributed by atoms with Gasteiger partial charge in [0.2, 0.25) is 0 Å². The lowest BCUT2D eigenvalue weighted by molar-refractivity contribution is -0.124. The minimum atomic E-state index is -0.356. The van der Waals surface area contributed by atoms with Crippen LogP contribution in [0.1, 0.15) is 12.5 Å². The first-order chi connectivity index (χ1) is 18.8. The van der Waals surface area contributed by atoms with E-state index < -0.39 is 0 Å². The smallest absolute Gasteiger partial charge is 0.264 e. The third kappa shape index (κ3) is 5.97. The normalized spacial score (nSPS) is 12.2. The number of rotatable bonds is 7. The zero-order valence-corrected chi connectivity index (χ0v) is 22.1. The molecule has 0 bridgehead atoms. The molecule has 7 heteroatoms. The molecule has 0 saturated heterocycles. The first kappa shape index (κ1) is 26.7. The van der Waals surface area contributed by atoms with Crippen molar-refractivity contribution in [3.8, 4) is 34.4 Å². The lowest BCUT2D eigenvalue weighted by Crippen LogP contribution is -2.31. The Bertz CT molecular complexity index is 1710. The maximum Gasteiger partial charge on any atom is 0.264 e. The zero-order chi connectivity index (χ0) is 27.9. The van der Waals surface area contributed by atoms with Crippen LogP contribution in [0.25, 0.3) is 35.3 Å². The first-order valence-electron chi connectivity index (χ1n) is 12.3. The number of hydrogen-bond donors (Lipinski definition) is 1. The van der Waals surface area contributed by atoms with Crippen molar-refractivity contribution in [3.63, 3.8) is 0 Å². The predicted molar refractivity (Wildman–Crippen MR) is 157 cm³/mol. The van der Waals surface area contributed by atoms with E-state index in [0.29, 0.717) is 27.7 Å². The molecule has 1 heterocycles. The Labute approximate surface area is 227 Å². The number of aromatic nitrogens is 1. The number of benzene rings is 3. The quantitative estimate of drug-likeness (QED) is 0.223. The van der Waals surface area contributed by atoms with Crippen LogP contribution < -0.4 is 21.0 Å². The van der Waals surface area contributed by atoms with Crippen LogP contribution >= 0.6 is 0 Å². The number of nitrogens with two attached hydrogens (primary N) is 1. The molecule has 0 spiro atoms. The van der Waals surface area contributed by atoms with E-state index in [2.05, 4.69) is 11.6 Å². The van der Waals surface area contributed by atoms with Crippen molar-refractivity contribution in [2.75, 3.05) is 14.1 Å². The molecule has 4 aromatic rings. The molecular weight excluding hydrogens is 486 g/mol. The fourth-order valence-electron chi connectivity index (χ4n) is 4.13. The first-order valence-corrected chi connectivity index (χ1v) is 12.3. The van der Waals surface area contributed by atoms with Gasteiger partial charge >= 0.3 is 0 Å². The Hall–Kier alpha value is -5.35. The molecule has 2 N–H and O–H groups in total. The van der Waals surface area contributed by atoms with Gasteiger partial charge in [-0.2, -0.15) is 5.26 Å². The van der Waals surface area contributed by atoms with Gasteiger partial charge < -0.3 is 19.9 Å². The van der Waals surface area contributed by atoms with Gasteiger partial charge in [-0.15, -0.1) is 0 Å². The van der Waals surface area contributed by atoms with Gasteiger partial charge in [0.25, 0.3) is 5.91 Å². The summed E-state index contributed by atoms with van der Waals surface area (Å²) in [5.74, 6) is 1.46. The van der Waals surface area contributed by atoms with Gasteiger partial charge in [-0.1, -0.05) is 49.0 Å². The van der Waals surface area contributed by atoms with Crippen LogP contribution in [0, 0.1) is 11.3 Å². The van der Waals surface area contributed by atoms with Gasteiger partial charge in [-0.05, 0) is 60.5 Å². The largest absolute Gasteiger partial charge is 0.457 e. The van der Waals surface area contributed by atoms with Crippen LogP contribution in [0.2, 0.25) is 0 Å². The van der Waals surface area contributed by atoms with Crippen molar-refractivity contribution in [1.29, 1.82) is 5.26 Å². The average molecular weight is 516 g/mol. The van der Waals surface area contributed by atoms with Gasteiger partial charge in [-0.25, -0.2) is 4.99 Å². The van der Waals surface area contributed by atoms with Gasteiger partial charge in [0.15, 0.2) is 0 Å². The van der Waals surface area contributed by atoms with Crippen LogP contribution in [0.15, 0.2) is 95.6 Å². The molecule has 3 aromatic carbocycles. The summed E-state index contributed by atoms with van der Waals surface area (Å²) >= 11 is 0. The van der Waals surface area contributed by atoms with Gasteiger partial charge in [0.05, 0.1) is 0 Å². The van der Waals surface area contributed by atoms with E-state index in [1.807, 2.05) is 95.7 Å². The number of carbonyl (C=O) groups excluding carboxylic acids is 1. The molecule has 0 fully saturated rings. The van der Waals surface area contributed by atoms with E-state index in [0.717, 1.165) is 22.6 Å². The second-order valence-corrected chi connectivity index (χ2v) is 8.91. The third-order valence-corrected chi connectivity index (χ3v) is 5.99. The fraction of sp³-hybridized carbons (Fsp3) is 0.0938. The summed E-state index contributed by atoms with van der Waals surface area (Å²) in [5.41, 5.74) is 9.73. The van der Waals surface area contributed by atoms with Gasteiger partial charge in [-0.3, -0.25) is 4.79 Å². The third-order valence-electron chi connectivity index (χ3n) is 5.99. The number of amides is 1. The number of para-hydroxylation sites is 1. The van der Waals surface area contributed by atoms with E-state index in [4.69, 9.17) is 10.5 Å². The highest BCUT2D eigenvalue weighted by molar-refractivity contribution is 6.01. The van der Waals surface area contributed by atoms with E-state index in [1.54, 1.807) is 33.3 Å². The molecule has 0 atom stereocenters. The Morgan fingerprint density at radius 2 is 1.74 bits per heavy atom. The number of aliphatic imine (C=N–C) groups is 1. The van der Waals surface area contributed by atoms with Crippen molar-refractivity contribution in [2.24, 2.45) is 10.7 Å². The number of ether oxygens (including phenoxy) is 1. The molecule has 0 saturated carbocycles. The molecule has 39 heavy (non-hydrogen) atoms. The highest BCUT2D eigenvalue weighted by Gasteiger charge is 2.13. The minimum Gasteiger partial charge on any atom is -0.457 e. The maximum atomic E-state index is 12.3. The number of carbonyl (C=O) groups is 1. The standard InChI is InChI=1S/C32H29N5O2/c1-5-35-31(34)30-22(2)37(26-11-9-10-23(19-26)18-25(20-33)32(38)36(3)4)21-29(30)24-14-16-28(17-15-24)39-27-12-7-6-8-13-27/h5-19,21H,2,34H2,1,3-4H3/b25-18+,31-30+,35-5-. The summed E-state index contributed by atoms with van der Waals surface area (Å²) in [6.45, 7) is 6.12. The van der Waals surface area contributed by atoms with Gasteiger partial charge in [0, 0.05) is 48.3 Å². The SMILES string of the molecule is C=c1/c(=C(N)\N=C/C)c(-c2ccc(Oc3ccccc3)cc2)cn1-c1cccc(/C=C(\C#N)C(=O)N(C)C)c1. The zero-order valence-electron chi connectivity index (χ0n) is 22.1. The van der Waals surface area contributed by atoms with Crippen LogP contribution in [0.5, 0.6) is 11.5 Å². The highest BCUT2D eigenvalue weighted by atomic mass is 16.5. The number of hydrogen-bond acceptors (Lipinski definition) is 5. The van der Waals surface area contributed by atoms with E-state index in [1.165, 1.54) is 4.90 Å². The average Bonchev–Trinajstić information content (AvgIpc) is 3.29. The Balaban J connectivity index is 1.79. The molecule has 0 aliphatic carbocycles. The summed E-state index contributed by atoms with van der Waals surface area (Å²) < 4.78 is 7.87. The summed E-state index contributed by atoms with van der Waals surface area (Å²) in [6, 6.07) is 26.8. The second kappa shape index (κ2) is 11.8. The van der Waals surface area contributed by atoms with E-state index in [-0.39, 0.29) is 11.5 Å². The van der Waals surface area contributed by atoms with Crippen molar-refractivity contribution >= 4 is 30.6 Å². The molecule has 0 unspecified atom stereocenters. The van der Waals surface area contributed by atoms with E-state index in [9.17, 15) is 10.1 Å². The molecular formula is C32H29N5O2. The molecule has 1 aromatic heterocycles. The van der Waals surface area contributed by atoms with Crippen LogP contribution in [0.4, 0.5) is 0 Å². The lowest BCUT2D eigenvalue weighted by atomic mass is 10.1. The molecule has 194 valence electrons. The lowest BCUT2D eigenvalue weighted by Gasteiger charge is -2.09. The van der Waals surface area contributed by atoms with Crippen LogP contribution in [-0.4, -0.2) is 35.7 Å². The van der Waals surface area contributed by atoms with Crippen molar-refractivity contribution in [1.82, 2.24) is 9.47 Å². The molecule has 0 aliphatic heterocycles. The Morgan fingerprint density at radius 1 is 1.05 bits per heavy atom. The van der Waals surface area contributed by atoms with Crippen LogP contribution in [0.3, 0.4) is 0 Å². The highest BCUT2D eigenvalue weighted by Crippen LogP contribution is 2.25. The summed E-state index contributed by atoms with van der Waals surface area (Å²) in [4.78, 5) is 18.0. The van der Waals surface area contributed by atoms with Crippen molar-refractivity contribution < 1.29 is 9.53 Å². The monoisotopic (exact) mass is 515 g/mol. The van der Waals surface area contributed by atoms with Gasteiger partial charge in [0.1, 0.15) is 29.0 Å². The topological polar surface area (TPSA) is 96.6 Å². The molecule has 0 radical (unpaired) electrons. The predicted octanol–water partition coefficient (Wildman–Crippen LogP) is 4.46. The summed E-state index contributed by atoms with van der Waals surface area (Å²) in [7, 11) is 3.23. The Kier molecular flexibility index (Phi) is 8.08. The Morgan fingerprint density at radius 3 is 2.38 bits per heavy atom.